The van der Waals surface area contributed by atoms with Crippen LogP contribution in [0.2, 0.25) is 0 Å². The van der Waals surface area contributed by atoms with Gasteiger partial charge < -0.3 is 14.8 Å². The number of aromatic nitrogens is 1. The predicted molar refractivity (Wildman–Crippen MR) is 101 cm³/mol. The van der Waals surface area contributed by atoms with Crippen LogP contribution >= 0.6 is 12.4 Å². The molecule has 1 aromatic heterocycles. The Balaban J connectivity index is 0.00000182. The van der Waals surface area contributed by atoms with E-state index < -0.39 is 0 Å². The zero-order valence-electron chi connectivity index (χ0n) is 14.4. The van der Waals surface area contributed by atoms with Crippen LogP contribution in [0.5, 0.6) is 0 Å². The number of carbonyl (C=O) groups is 1. The molecule has 0 radical (unpaired) electrons. The number of amides is 1. The predicted octanol–water partition coefficient (Wildman–Crippen LogP) is 2.16. The van der Waals surface area contributed by atoms with Crippen molar-refractivity contribution in [2.24, 2.45) is 0 Å². The summed E-state index contributed by atoms with van der Waals surface area (Å²) in [5.41, 5.74) is 0.815. The second-order valence-corrected chi connectivity index (χ2v) is 7.09. The highest BCUT2D eigenvalue weighted by molar-refractivity contribution is 5.85. The van der Waals surface area contributed by atoms with Crippen LogP contribution < -0.4 is 10.7 Å². The number of hydrogen-bond donors (Lipinski definition) is 1. The molecule has 1 aromatic carbocycles. The fraction of sp³-hybridized carbons (Fsp3) is 0.474. The molecule has 2 aliphatic rings. The number of benzene rings is 1. The highest BCUT2D eigenvalue weighted by Crippen LogP contribution is 2.29. The molecule has 0 saturated carbocycles. The van der Waals surface area contributed by atoms with Gasteiger partial charge in [0.2, 0.25) is 5.91 Å². The van der Waals surface area contributed by atoms with E-state index in [0.29, 0.717) is 23.5 Å². The number of nitrogens with one attached hydrogen (secondary N) is 1. The smallest absolute Gasteiger partial charge is 0.242 e. The van der Waals surface area contributed by atoms with Crippen molar-refractivity contribution in [1.29, 1.82) is 0 Å². The molecule has 6 heteroatoms. The summed E-state index contributed by atoms with van der Waals surface area (Å²) >= 11 is 0. The molecular weight excluding hydrogens is 338 g/mol. The number of likely N-dealkylation sites (N-methyl/N-ethyl adjacent to an activating group) is 1. The third-order valence-electron chi connectivity index (χ3n) is 5.58. The molecule has 2 unspecified atom stereocenters. The Kier molecular flexibility index (Phi) is 5.16. The fourth-order valence-electron chi connectivity index (χ4n) is 4.20. The van der Waals surface area contributed by atoms with E-state index >= 15 is 0 Å². The molecule has 1 N–H and O–H groups in total. The average Bonchev–Trinajstić information content (AvgIpc) is 2.95. The zero-order chi connectivity index (χ0) is 16.7. The maximum Gasteiger partial charge on any atom is 0.242 e. The third-order valence-corrected chi connectivity index (χ3v) is 5.58. The van der Waals surface area contributed by atoms with Gasteiger partial charge in [-0.15, -0.1) is 12.4 Å². The van der Waals surface area contributed by atoms with Gasteiger partial charge in [-0.3, -0.25) is 9.59 Å². The minimum atomic E-state index is -0.00224. The molecule has 25 heavy (non-hydrogen) atoms. The molecular formula is C19H24ClN3O2. The molecule has 2 aliphatic heterocycles. The van der Waals surface area contributed by atoms with E-state index in [-0.39, 0.29) is 30.3 Å². The van der Waals surface area contributed by atoms with Crippen LogP contribution in [0, 0.1) is 0 Å². The van der Waals surface area contributed by atoms with Crippen molar-refractivity contribution >= 4 is 29.2 Å². The molecule has 2 fully saturated rings. The van der Waals surface area contributed by atoms with Gasteiger partial charge in [-0.2, -0.15) is 0 Å². The van der Waals surface area contributed by atoms with E-state index in [9.17, 15) is 9.59 Å². The highest BCUT2D eigenvalue weighted by atomic mass is 35.5. The molecule has 4 rings (SSSR count). The monoisotopic (exact) mass is 361 g/mol. The summed E-state index contributed by atoms with van der Waals surface area (Å²) in [6.45, 7) is 0.274. The number of fused-ring (bicyclic) bond motifs is 3. The average molecular weight is 362 g/mol. The Hall–Kier alpha value is -1.85. The maximum atomic E-state index is 12.8. The van der Waals surface area contributed by atoms with Crippen LogP contribution in [0.25, 0.3) is 10.9 Å². The van der Waals surface area contributed by atoms with E-state index in [1.165, 1.54) is 12.8 Å². The van der Waals surface area contributed by atoms with Gasteiger partial charge in [0.05, 0.1) is 5.52 Å². The first-order valence-electron chi connectivity index (χ1n) is 8.72. The Bertz CT molecular complexity index is 823. The molecule has 0 spiro atoms. The minimum Gasteiger partial charge on any atom is -0.341 e. The van der Waals surface area contributed by atoms with Gasteiger partial charge in [0, 0.05) is 42.8 Å². The van der Waals surface area contributed by atoms with Crippen LogP contribution in [-0.4, -0.2) is 40.5 Å². The second kappa shape index (κ2) is 7.18. The van der Waals surface area contributed by atoms with Gasteiger partial charge in [0.15, 0.2) is 5.43 Å². The van der Waals surface area contributed by atoms with Gasteiger partial charge >= 0.3 is 0 Å². The number of nitrogens with zero attached hydrogens (tertiary/aromatic N) is 2. The van der Waals surface area contributed by atoms with Crippen LogP contribution in [0.3, 0.4) is 0 Å². The number of para-hydroxylation sites is 1. The molecule has 0 aliphatic carbocycles. The summed E-state index contributed by atoms with van der Waals surface area (Å²) in [6.07, 6.45) is 6.27. The lowest BCUT2D eigenvalue weighted by Gasteiger charge is -2.35. The van der Waals surface area contributed by atoms with Gasteiger partial charge in [-0.05, 0) is 37.8 Å². The first kappa shape index (κ1) is 18.0. The minimum absolute atomic E-state index is 0. The molecule has 5 nitrogen and oxygen atoms in total. The SMILES string of the molecule is CN(C(=O)Cn1ccc(=O)c2ccccc21)C1CC2CCC(C1)N2.Cl. The largest absolute Gasteiger partial charge is 0.341 e. The van der Waals surface area contributed by atoms with E-state index in [1.54, 1.807) is 12.3 Å². The summed E-state index contributed by atoms with van der Waals surface area (Å²) < 4.78 is 1.88. The van der Waals surface area contributed by atoms with Crippen LogP contribution in [0.4, 0.5) is 0 Å². The Morgan fingerprint density at radius 3 is 2.60 bits per heavy atom. The number of piperidine rings is 1. The molecule has 2 saturated heterocycles. The van der Waals surface area contributed by atoms with Crippen molar-refractivity contribution in [2.75, 3.05) is 7.05 Å². The van der Waals surface area contributed by atoms with Gasteiger partial charge in [0.1, 0.15) is 6.54 Å². The summed E-state index contributed by atoms with van der Waals surface area (Å²) in [5.74, 6) is 0.107. The molecule has 1 amide bonds. The molecule has 2 aromatic rings. The highest BCUT2D eigenvalue weighted by Gasteiger charge is 2.36. The van der Waals surface area contributed by atoms with Crippen molar-refractivity contribution < 1.29 is 4.79 Å². The van der Waals surface area contributed by atoms with Crippen molar-refractivity contribution in [3.05, 3.63) is 46.8 Å². The standard InChI is InChI=1S/C19H23N3O2.ClH/c1-21(15-10-13-6-7-14(11-15)20-13)19(24)12-22-9-8-18(23)16-4-2-3-5-17(16)22;/h2-5,8-9,13-15,20H,6-7,10-12H2,1H3;1H. The van der Waals surface area contributed by atoms with Crippen LogP contribution in [0.1, 0.15) is 25.7 Å². The van der Waals surface area contributed by atoms with Crippen molar-refractivity contribution in [1.82, 2.24) is 14.8 Å². The van der Waals surface area contributed by atoms with E-state index in [1.807, 2.05) is 40.8 Å². The summed E-state index contributed by atoms with van der Waals surface area (Å²) in [6, 6.07) is 10.5. The van der Waals surface area contributed by atoms with Crippen molar-refractivity contribution in [2.45, 2.75) is 50.4 Å². The lowest BCUT2D eigenvalue weighted by atomic mass is 9.98. The summed E-state index contributed by atoms with van der Waals surface area (Å²) in [5, 5.41) is 4.28. The lowest BCUT2D eigenvalue weighted by Crippen LogP contribution is -2.49. The number of rotatable bonds is 3. The Labute approximate surface area is 153 Å². The number of carbonyl (C=O) groups excluding carboxylic acids is 1. The quantitative estimate of drug-likeness (QED) is 0.911. The Morgan fingerprint density at radius 1 is 1.20 bits per heavy atom. The van der Waals surface area contributed by atoms with E-state index in [0.717, 1.165) is 18.4 Å². The molecule has 2 atom stereocenters. The van der Waals surface area contributed by atoms with Crippen molar-refractivity contribution in [3.63, 3.8) is 0 Å². The lowest BCUT2D eigenvalue weighted by molar-refractivity contribution is -0.133. The maximum absolute atomic E-state index is 12.8. The fourth-order valence-corrected chi connectivity index (χ4v) is 4.20. The number of halogens is 1. The molecule has 3 heterocycles. The molecule has 134 valence electrons. The first-order valence-corrected chi connectivity index (χ1v) is 8.72. The topological polar surface area (TPSA) is 54.3 Å². The van der Waals surface area contributed by atoms with Crippen LogP contribution in [0.15, 0.2) is 41.3 Å². The zero-order valence-corrected chi connectivity index (χ0v) is 15.2. The van der Waals surface area contributed by atoms with E-state index in [4.69, 9.17) is 0 Å². The first-order chi connectivity index (χ1) is 11.6. The van der Waals surface area contributed by atoms with Gasteiger partial charge in [-0.25, -0.2) is 0 Å². The summed E-state index contributed by atoms with van der Waals surface area (Å²) in [7, 11) is 1.92. The number of pyridine rings is 1. The third kappa shape index (κ3) is 3.44. The molecule has 2 bridgehead atoms. The van der Waals surface area contributed by atoms with Crippen molar-refractivity contribution in [3.8, 4) is 0 Å². The van der Waals surface area contributed by atoms with Crippen LogP contribution in [-0.2, 0) is 11.3 Å². The van der Waals surface area contributed by atoms with E-state index in [2.05, 4.69) is 5.32 Å². The number of hydrogen-bond acceptors (Lipinski definition) is 3. The van der Waals surface area contributed by atoms with Gasteiger partial charge in [0.25, 0.3) is 0 Å². The normalized spacial score (nSPS) is 24.8. The Morgan fingerprint density at radius 2 is 1.88 bits per heavy atom. The summed E-state index contributed by atoms with van der Waals surface area (Å²) in [4.78, 5) is 26.7. The second-order valence-electron chi connectivity index (χ2n) is 7.09. The van der Waals surface area contributed by atoms with Gasteiger partial charge in [-0.1, -0.05) is 12.1 Å².